The number of hydrogen-bond acceptors (Lipinski definition) is 3. The van der Waals surface area contributed by atoms with Gasteiger partial charge in [-0.15, -0.1) is 0 Å². The van der Waals surface area contributed by atoms with E-state index in [0.717, 1.165) is 27.6 Å². The molecule has 3 aromatic rings. The van der Waals surface area contributed by atoms with Crippen LogP contribution < -0.4 is 0 Å². The number of aromatic nitrogens is 1. The summed E-state index contributed by atoms with van der Waals surface area (Å²) in [4.78, 5) is 29.6. The summed E-state index contributed by atoms with van der Waals surface area (Å²) >= 11 is 0. The smallest absolute Gasteiger partial charge is 0.307 e. The van der Waals surface area contributed by atoms with E-state index in [1.807, 2.05) is 54.6 Å². The number of nitrogens with zero attached hydrogens (tertiary/aromatic N) is 2. The Morgan fingerprint density at radius 2 is 1.93 bits per heavy atom. The number of carbonyl (C=O) groups is 2. The van der Waals surface area contributed by atoms with E-state index in [1.54, 1.807) is 17.0 Å². The Balaban J connectivity index is 1.44. The van der Waals surface area contributed by atoms with Crippen LogP contribution in [0.25, 0.3) is 17.0 Å². The molecule has 134 valence electrons. The van der Waals surface area contributed by atoms with Crippen LogP contribution in [0.1, 0.15) is 27.2 Å². The quantitative estimate of drug-likeness (QED) is 0.757. The summed E-state index contributed by atoms with van der Waals surface area (Å²) in [6, 6.07) is 17.2. The number of benzene rings is 2. The molecule has 0 spiro atoms. The average Bonchev–Trinajstić information content (AvgIpc) is 2.96. The molecule has 2 heterocycles. The number of aliphatic carboxylic acids is 1. The Bertz CT molecular complexity index is 1050. The monoisotopic (exact) mass is 358 g/mol. The molecule has 0 unspecified atom stereocenters. The summed E-state index contributed by atoms with van der Waals surface area (Å²) in [5.41, 5.74) is 4.08. The molecule has 0 atom stereocenters. The Labute approximate surface area is 156 Å². The molecule has 0 saturated carbocycles. The van der Waals surface area contributed by atoms with E-state index in [1.165, 1.54) is 0 Å². The van der Waals surface area contributed by atoms with E-state index in [0.29, 0.717) is 18.8 Å². The topological polar surface area (TPSA) is 70.5 Å². The summed E-state index contributed by atoms with van der Waals surface area (Å²) in [6.07, 6.45) is 3.90. The number of hydrogen-bond donors (Lipinski definition) is 1. The standard InChI is InChI=1S/C22H18N2O3/c25-20(26)12-16-9-7-15(8-10-16)4-3-11-24-14-18-13-17-5-1-2-6-19(17)23-21(18)22(24)27/h1-10,13H,11-12,14H2,(H,25,26)/b4-3+. The number of pyridine rings is 1. The fourth-order valence-corrected chi connectivity index (χ4v) is 3.28. The van der Waals surface area contributed by atoms with Crippen molar-refractivity contribution in [1.82, 2.24) is 9.88 Å². The molecule has 0 saturated heterocycles. The summed E-state index contributed by atoms with van der Waals surface area (Å²) in [5, 5.41) is 9.85. The van der Waals surface area contributed by atoms with Crippen molar-refractivity contribution in [2.24, 2.45) is 0 Å². The molecule has 27 heavy (non-hydrogen) atoms. The summed E-state index contributed by atoms with van der Waals surface area (Å²) in [5.74, 6) is -0.885. The minimum absolute atomic E-state index is 0.0197. The highest BCUT2D eigenvalue weighted by Gasteiger charge is 2.28. The molecule has 0 fully saturated rings. The van der Waals surface area contributed by atoms with Crippen LogP contribution in [0.4, 0.5) is 0 Å². The van der Waals surface area contributed by atoms with Crippen molar-refractivity contribution in [1.29, 1.82) is 0 Å². The van der Waals surface area contributed by atoms with Crippen LogP contribution in [0.2, 0.25) is 0 Å². The number of rotatable bonds is 5. The lowest BCUT2D eigenvalue weighted by Crippen LogP contribution is -2.24. The first-order chi connectivity index (χ1) is 13.1. The maximum Gasteiger partial charge on any atom is 0.307 e. The molecule has 4 rings (SSSR count). The molecule has 1 N–H and O–H groups in total. The number of carboxylic acids is 1. The molecule has 1 aliphatic heterocycles. The van der Waals surface area contributed by atoms with E-state index >= 15 is 0 Å². The van der Waals surface area contributed by atoms with Crippen molar-refractivity contribution >= 4 is 28.9 Å². The predicted molar refractivity (Wildman–Crippen MR) is 103 cm³/mol. The number of carboxylic acid groups (broad SMARTS) is 1. The Kier molecular flexibility index (Phi) is 4.42. The van der Waals surface area contributed by atoms with Gasteiger partial charge in [-0.3, -0.25) is 9.59 Å². The average molecular weight is 358 g/mol. The maximum atomic E-state index is 12.6. The molecule has 1 aliphatic rings. The molecular formula is C22H18N2O3. The third kappa shape index (κ3) is 3.58. The fourth-order valence-electron chi connectivity index (χ4n) is 3.28. The summed E-state index contributed by atoms with van der Waals surface area (Å²) < 4.78 is 0. The van der Waals surface area contributed by atoms with Gasteiger partial charge in [0.15, 0.2) is 0 Å². The van der Waals surface area contributed by atoms with Crippen molar-refractivity contribution in [3.05, 3.63) is 83.1 Å². The van der Waals surface area contributed by atoms with Crippen LogP contribution in [-0.2, 0) is 17.8 Å². The van der Waals surface area contributed by atoms with Gasteiger partial charge in [-0.25, -0.2) is 4.98 Å². The van der Waals surface area contributed by atoms with E-state index in [9.17, 15) is 9.59 Å². The molecule has 0 bridgehead atoms. The number of carbonyl (C=O) groups excluding carboxylic acids is 1. The van der Waals surface area contributed by atoms with Gasteiger partial charge in [0, 0.05) is 24.0 Å². The van der Waals surface area contributed by atoms with Crippen molar-refractivity contribution in [2.45, 2.75) is 13.0 Å². The highest BCUT2D eigenvalue weighted by molar-refractivity contribution is 5.99. The lowest BCUT2D eigenvalue weighted by atomic mass is 10.1. The first-order valence-electron chi connectivity index (χ1n) is 8.75. The molecule has 5 heteroatoms. The van der Waals surface area contributed by atoms with E-state index in [4.69, 9.17) is 5.11 Å². The van der Waals surface area contributed by atoms with Crippen LogP contribution in [0.5, 0.6) is 0 Å². The minimum Gasteiger partial charge on any atom is -0.481 e. The van der Waals surface area contributed by atoms with Gasteiger partial charge in [0.05, 0.1) is 11.9 Å². The van der Waals surface area contributed by atoms with Gasteiger partial charge >= 0.3 is 5.97 Å². The van der Waals surface area contributed by atoms with E-state index in [2.05, 4.69) is 4.98 Å². The van der Waals surface area contributed by atoms with Crippen LogP contribution >= 0.6 is 0 Å². The highest BCUT2D eigenvalue weighted by atomic mass is 16.4. The molecule has 0 aliphatic carbocycles. The molecule has 2 aromatic carbocycles. The van der Waals surface area contributed by atoms with Gasteiger partial charge in [0.2, 0.25) is 0 Å². The fraction of sp³-hybridized carbons (Fsp3) is 0.136. The predicted octanol–water partition coefficient (Wildman–Crippen LogP) is 3.53. The summed E-state index contributed by atoms with van der Waals surface area (Å²) in [7, 11) is 0. The second kappa shape index (κ2) is 7.03. The Morgan fingerprint density at radius 1 is 1.15 bits per heavy atom. The Morgan fingerprint density at radius 3 is 2.70 bits per heavy atom. The van der Waals surface area contributed by atoms with Crippen LogP contribution in [-0.4, -0.2) is 33.4 Å². The summed E-state index contributed by atoms with van der Waals surface area (Å²) in [6.45, 7) is 1.07. The first kappa shape index (κ1) is 17.0. The molecular weight excluding hydrogens is 340 g/mol. The number of fused-ring (bicyclic) bond motifs is 2. The van der Waals surface area contributed by atoms with Crippen molar-refractivity contribution < 1.29 is 14.7 Å². The second-order valence-electron chi connectivity index (χ2n) is 6.59. The Hall–Kier alpha value is -3.47. The van der Waals surface area contributed by atoms with Gasteiger partial charge in [0.25, 0.3) is 5.91 Å². The highest BCUT2D eigenvalue weighted by Crippen LogP contribution is 2.25. The van der Waals surface area contributed by atoms with Crippen LogP contribution in [0, 0.1) is 0 Å². The van der Waals surface area contributed by atoms with Gasteiger partial charge in [-0.2, -0.15) is 0 Å². The zero-order valence-corrected chi connectivity index (χ0v) is 14.6. The molecule has 1 aromatic heterocycles. The van der Waals surface area contributed by atoms with Crippen LogP contribution in [0.15, 0.2) is 60.7 Å². The minimum atomic E-state index is -0.841. The number of amides is 1. The van der Waals surface area contributed by atoms with Crippen molar-refractivity contribution in [3.63, 3.8) is 0 Å². The van der Waals surface area contributed by atoms with Crippen molar-refractivity contribution in [3.8, 4) is 0 Å². The lowest BCUT2D eigenvalue weighted by Gasteiger charge is -2.11. The van der Waals surface area contributed by atoms with Gasteiger partial charge < -0.3 is 10.0 Å². The third-order valence-electron chi connectivity index (χ3n) is 4.63. The van der Waals surface area contributed by atoms with E-state index < -0.39 is 5.97 Å². The molecule has 5 nitrogen and oxygen atoms in total. The molecule has 1 amide bonds. The van der Waals surface area contributed by atoms with Gasteiger partial charge in [0.1, 0.15) is 5.69 Å². The van der Waals surface area contributed by atoms with Gasteiger partial charge in [-0.05, 0) is 23.3 Å². The van der Waals surface area contributed by atoms with Crippen molar-refractivity contribution in [2.75, 3.05) is 6.54 Å². The third-order valence-corrected chi connectivity index (χ3v) is 4.63. The first-order valence-corrected chi connectivity index (χ1v) is 8.75. The zero-order valence-electron chi connectivity index (χ0n) is 14.6. The largest absolute Gasteiger partial charge is 0.481 e. The van der Waals surface area contributed by atoms with Crippen LogP contribution in [0.3, 0.4) is 0 Å². The van der Waals surface area contributed by atoms with E-state index in [-0.39, 0.29) is 12.3 Å². The molecule has 0 radical (unpaired) electrons. The normalized spacial score (nSPS) is 13.5. The SMILES string of the molecule is O=C(O)Cc1ccc(/C=C/CN2Cc3cc4ccccc4nc3C2=O)cc1. The number of para-hydroxylation sites is 1. The lowest BCUT2D eigenvalue weighted by molar-refractivity contribution is -0.136. The maximum absolute atomic E-state index is 12.6. The van der Waals surface area contributed by atoms with Gasteiger partial charge in [-0.1, -0.05) is 54.6 Å². The zero-order chi connectivity index (χ0) is 18.8. The second-order valence-corrected chi connectivity index (χ2v) is 6.59.